The number of epoxide rings is 1. The van der Waals surface area contributed by atoms with E-state index in [-0.39, 0.29) is 19.4 Å². The largest absolute Gasteiger partial charge is 0.472 e. The van der Waals surface area contributed by atoms with Crippen molar-refractivity contribution in [2.45, 2.75) is 219 Å². The fourth-order valence-electron chi connectivity index (χ4n) is 6.68. The van der Waals surface area contributed by atoms with Crippen molar-refractivity contribution in [3.63, 3.8) is 0 Å². The predicted molar refractivity (Wildman–Crippen MR) is 237 cm³/mol. The third-order valence-electron chi connectivity index (χ3n) is 10.4. The van der Waals surface area contributed by atoms with Crippen LogP contribution < -0.4 is 0 Å². The summed E-state index contributed by atoms with van der Waals surface area (Å²) >= 11 is 0. The second-order valence-electron chi connectivity index (χ2n) is 16.6. The lowest BCUT2D eigenvalue weighted by atomic mass is 10.0. The summed E-state index contributed by atoms with van der Waals surface area (Å²) < 4.78 is 38.5. The molecule has 0 spiro atoms. The van der Waals surface area contributed by atoms with Crippen LogP contribution in [-0.2, 0) is 37.4 Å². The molecule has 1 heterocycles. The first-order valence-corrected chi connectivity index (χ1v) is 24.9. The van der Waals surface area contributed by atoms with Crippen LogP contribution in [0.15, 0.2) is 36.5 Å². The van der Waals surface area contributed by atoms with Crippen LogP contribution in [-0.4, -0.2) is 77.9 Å². The zero-order valence-electron chi connectivity index (χ0n) is 37.3. The van der Waals surface area contributed by atoms with Crippen molar-refractivity contribution in [2.24, 2.45) is 5.92 Å². The number of carbonyl (C=O) groups is 2. The summed E-state index contributed by atoms with van der Waals surface area (Å²) in [6.45, 7) is 4.64. The molecule has 0 aliphatic carbocycles. The average molecular weight is 857 g/mol. The monoisotopic (exact) mass is 857 g/mol. The van der Waals surface area contributed by atoms with E-state index in [1.54, 1.807) is 0 Å². The lowest BCUT2D eigenvalue weighted by Crippen LogP contribution is -2.29. The van der Waals surface area contributed by atoms with Crippen molar-refractivity contribution < 1.29 is 52.5 Å². The number of unbranched alkanes of at least 4 members (excludes halogenated alkanes) is 17. The van der Waals surface area contributed by atoms with Gasteiger partial charge in [0.05, 0.1) is 32.0 Å². The Labute approximate surface area is 358 Å². The second-order valence-corrected chi connectivity index (χ2v) is 18.1. The third-order valence-corrected chi connectivity index (χ3v) is 11.4. The number of rotatable bonds is 42. The van der Waals surface area contributed by atoms with Crippen LogP contribution in [0.4, 0.5) is 0 Å². The Morgan fingerprint density at radius 3 is 1.80 bits per heavy atom. The third kappa shape index (κ3) is 36.5. The van der Waals surface area contributed by atoms with Gasteiger partial charge in [-0.2, -0.15) is 0 Å². The molecule has 11 nitrogen and oxygen atoms in total. The van der Waals surface area contributed by atoms with Gasteiger partial charge in [0.15, 0.2) is 6.10 Å². The van der Waals surface area contributed by atoms with Gasteiger partial charge in [-0.1, -0.05) is 173 Å². The van der Waals surface area contributed by atoms with Gasteiger partial charge in [-0.3, -0.25) is 18.6 Å². The van der Waals surface area contributed by atoms with Gasteiger partial charge in [-0.25, -0.2) is 4.57 Å². The molecule has 12 heteroatoms. The van der Waals surface area contributed by atoms with Gasteiger partial charge >= 0.3 is 19.8 Å². The number of phosphoric ester groups is 1. The highest BCUT2D eigenvalue weighted by atomic mass is 31.2. The van der Waals surface area contributed by atoms with Crippen molar-refractivity contribution in [3.8, 4) is 0 Å². The van der Waals surface area contributed by atoms with Crippen molar-refractivity contribution in [2.75, 3.05) is 26.4 Å². The van der Waals surface area contributed by atoms with Crippen molar-refractivity contribution in [1.82, 2.24) is 0 Å². The first-order chi connectivity index (χ1) is 28.6. The molecule has 0 aromatic carbocycles. The van der Waals surface area contributed by atoms with Crippen LogP contribution in [0, 0.1) is 5.92 Å². The average Bonchev–Trinajstić information content (AvgIpc) is 3.97. The van der Waals surface area contributed by atoms with Gasteiger partial charge in [0.25, 0.3) is 0 Å². The lowest BCUT2D eigenvalue weighted by molar-refractivity contribution is -0.161. The SMILES string of the molecule is CCCCCC1OC1C/C=C\C/C=C\C/C=C\CCCC(=O)O[C@H](COC(=O)CCCCCCCCCCCCCCCCCC(C)C)COP(=O)(O)OC[C@@H](O)CO. The van der Waals surface area contributed by atoms with Crippen molar-refractivity contribution in [1.29, 1.82) is 0 Å². The maximum atomic E-state index is 12.6. The molecular weight excluding hydrogens is 771 g/mol. The van der Waals surface area contributed by atoms with E-state index in [1.165, 1.54) is 103 Å². The Hall–Kier alpha value is -1.85. The van der Waals surface area contributed by atoms with E-state index in [4.69, 9.17) is 28.4 Å². The highest BCUT2D eigenvalue weighted by Crippen LogP contribution is 2.43. The fraction of sp³-hybridized carbons (Fsp3) is 0.830. The Morgan fingerprint density at radius 2 is 1.20 bits per heavy atom. The molecule has 1 aliphatic rings. The van der Waals surface area contributed by atoms with E-state index in [1.807, 2.05) is 12.2 Å². The molecule has 0 bridgehead atoms. The fourth-order valence-corrected chi connectivity index (χ4v) is 7.47. The van der Waals surface area contributed by atoms with Crippen LogP contribution in [0.5, 0.6) is 0 Å². The summed E-state index contributed by atoms with van der Waals surface area (Å²) in [5.74, 6) is -0.163. The lowest BCUT2D eigenvalue weighted by Gasteiger charge is -2.20. The van der Waals surface area contributed by atoms with Crippen LogP contribution in [0.1, 0.15) is 194 Å². The summed E-state index contributed by atoms with van der Waals surface area (Å²) in [6.07, 6.45) is 40.1. The Balaban J connectivity index is 2.24. The summed E-state index contributed by atoms with van der Waals surface area (Å²) in [5.41, 5.74) is 0. The summed E-state index contributed by atoms with van der Waals surface area (Å²) in [4.78, 5) is 35.1. The molecule has 3 N–H and O–H groups in total. The zero-order valence-corrected chi connectivity index (χ0v) is 38.2. The highest BCUT2D eigenvalue weighted by molar-refractivity contribution is 7.47. The zero-order chi connectivity index (χ0) is 43.2. The standard InChI is InChI=1S/C47H85O11P/c1-4-5-27-33-44-45(58-44)34-29-24-20-16-13-14-18-22-26-31-36-47(51)57-43(40-56-59(52,53)55-38-42(49)37-48)39-54-46(50)35-30-25-21-17-12-10-8-6-7-9-11-15-19-23-28-32-41(2)3/h13,16,18,22,24,29,41-45,48-49H,4-12,14-15,17,19-21,23,25-28,30-40H2,1-3H3,(H,52,53)/b16-13-,22-18-,29-24-/t42-,43+,44?,45?/m0/s1. The van der Waals surface area contributed by atoms with Gasteiger partial charge in [0, 0.05) is 12.8 Å². The quantitative estimate of drug-likeness (QED) is 0.0176. The maximum absolute atomic E-state index is 12.6. The number of esters is 2. The molecule has 1 fully saturated rings. The normalized spacial score (nSPS) is 17.6. The Bertz CT molecular complexity index is 1160. The molecular formula is C47H85O11P. The van der Waals surface area contributed by atoms with E-state index in [9.17, 15) is 24.2 Å². The number of carbonyl (C=O) groups excluding carboxylic acids is 2. The minimum absolute atomic E-state index is 0.106. The van der Waals surface area contributed by atoms with E-state index in [2.05, 4.69) is 45.1 Å². The van der Waals surface area contributed by atoms with Crippen molar-refractivity contribution in [3.05, 3.63) is 36.5 Å². The minimum atomic E-state index is -4.64. The van der Waals surface area contributed by atoms with Gasteiger partial charge < -0.3 is 29.3 Å². The summed E-state index contributed by atoms with van der Waals surface area (Å²) in [5, 5.41) is 18.4. The van der Waals surface area contributed by atoms with E-state index >= 15 is 0 Å². The van der Waals surface area contributed by atoms with Gasteiger partial charge in [0.1, 0.15) is 12.7 Å². The molecule has 5 atom stereocenters. The second kappa shape index (κ2) is 37.9. The molecule has 0 aromatic heterocycles. The summed E-state index contributed by atoms with van der Waals surface area (Å²) in [7, 11) is -4.64. The van der Waals surface area contributed by atoms with Gasteiger partial charge in [-0.05, 0) is 50.9 Å². The van der Waals surface area contributed by atoms with Crippen LogP contribution >= 0.6 is 7.82 Å². The molecule has 0 amide bonds. The number of phosphoric acid groups is 1. The van der Waals surface area contributed by atoms with Crippen LogP contribution in [0.2, 0.25) is 0 Å². The number of hydrogen-bond donors (Lipinski definition) is 3. The molecule has 0 aromatic rings. The topological polar surface area (TPSA) is 161 Å². The minimum Gasteiger partial charge on any atom is -0.462 e. The van der Waals surface area contributed by atoms with Crippen LogP contribution in [0.3, 0.4) is 0 Å². The highest BCUT2D eigenvalue weighted by Gasteiger charge is 2.36. The maximum Gasteiger partial charge on any atom is 0.472 e. The smallest absolute Gasteiger partial charge is 0.462 e. The predicted octanol–water partition coefficient (Wildman–Crippen LogP) is 11.6. The first-order valence-electron chi connectivity index (χ1n) is 23.4. The van der Waals surface area contributed by atoms with E-state index in [0.717, 1.165) is 44.4 Å². The van der Waals surface area contributed by atoms with Crippen molar-refractivity contribution >= 4 is 19.8 Å². The number of ether oxygens (including phenoxy) is 3. The number of aliphatic hydroxyl groups excluding tert-OH is 2. The van der Waals surface area contributed by atoms with E-state index in [0.29, 0.717) is 31.5 Å². The number of aliphatic hydroxyl groups is 2. The molecule has 1 aliphatic heterocycles. The summed E-state index contributed by atoms with van der Waals surface area (Å²) in [6, 6.07) is 0. The van der Waals surface area contributed by atoms with Gasteiger partial charge in [-0.15, -0.1) is 0 Å². The number of hydrogen-bond acceptors (Lipinski definition) is 10. The molecule has 1 rings (SSSR count). The molecule has 1 saturated heterocycles. The first kappa shape index (κ1) is 55.2. The molecule has 0 saturated carbocycles. The molecule has 344 valence electrons. The number of allylic oxidation sites excluding steroid dienone is 5. The van der Waals surface area contributed by atoms with E-state index < -0.39 is 51.8 Å². The Morgan fingerprint density at radius 1 is 0.661 bits per heavy atom. The van der Waals surface area contributed by atoms with Gasteiger partial charge in [0.2, 0.25) is 0 Å². The molecule has 59 heavy (non-hydrogen) atoms. The molecule has 3 unspecified atom stereocenters. The molecule has 0 radical (unpaired) electrons. The van der Waals surface area contributed by atoms with Crippen LogP contribution in [0.25, 0.3) is 0 Å². The Kier molecular flexibility index (Phi) is 35.4.